The number of thiophene rings is 1. The molecule has 7 nitrogen and oxygen atoms in total. The van der Waals surface area contributed by atoms with Crippen LogP contribution in [0.2, 0.25) is 0 Å². The fourth-order valence-electron chi connectivity index (χ4n) is 6.03. The molecule has 8 heteroatoms. The van der Waals surface area contributed by atoms with Crippen molar-refractivity contribution in [3.05, 3.63) is 40.8 Å². The maximum absolute atomic E-state index is 13.3. The van der Waals surface area contributed by atoms with Gasteiger partial charge in [0.05, 0.1) is 30.1 Å². The Balaban J connectivity index is 1.42. The Kier molecular flexibility index (Phi) is 7.17. The summed E-state index contributed by atoms with van der Waals surface area (Å²) in [6.07, 6.45) is 6.41. The van der Waals surface area contributed by atoms with E-state index in [0.717, 1.165) is 5.56 Å². The van der Waals surface area contributed by atoms with Crippen molar-refractivity contribution in [1.82, 2.24) is 0 Å². The lowest BCUT2D eigenvalue weighted by Gasteiger charge is -2.24. The second kappa shape index (κ2) is 10.3. The second-order valence-corrected chi connectivity index (χ2v) is 11.3. The molecule has 0 spiro atoms. The fourth-order valence-corrected chi connectivity index (χ4v) is 6.99. The lowest BCUT2D eigenvalue weighted by molar-refractivity contribution is -0.147. The summed E-state index contributed by atoms with van der Waals surface area (Å²) < 4.78 is 11.3. The van der Waals surface area contributed by atoms with Gasteiger partial charge in [0.25, 0.3) is 0 Å². The minimum atomic E-state index is -1.02. The molecule has 3 fully saturated rings. The molecule has 5 rings (SSSR count). The van der Waals surface area contributed by atoms with Crippen molar-refractivity contribution in [3.63, 3.8) is 0 Å². The topological polar surface area (TPSA) is 102 Å². The number of hydrogen-bond acceptors (Lipinski definition) is 6. The molecule has 2 N–H and O–H groups in total. The van der Waals surface area contributed by atoms with Crippen LogP contribution in [0.4, 0.5) is 5.00 Å². The number of amides is 1. The zero-order valence-electron chi connectivity index (χ0n) is 20.7. The van der Waals surface area contributed by atoms with E-state index in [1.165, 1.54) is 49.0 Å². The van der Waals surface area contributed by atoms with Crippen molar-refractivity contribution in [1.29, 1.82) is 0 Å². The lowest BCUT2D eigenvalue weighted by Crippen LogP contribution is -2.41. The van der Waals surface area contributed by atoms with Crippen LogP contribution >= 0.6 is 11.3 Å². The second-order valence-electron chi connectivity index (χ2n) is 10.4. The summed E-state index contributed by atoms with van der Waals surface area (Å²) in [5.41, 5.74) is 3.22. The number of carbonyl (C=O) groups excluding carboxylic acids is 2. The highest BCUT2D eigenvalue weighted by Gasteiger charge is 2.55. The number of carbonyl (C=O) groups is 3. The Labute approximate surface area is 215 Å². The van der Waals surface area contributed by atoms with Gasteiger partial charge in [-0.25, -0.2) is 4.79 Å². The Hall–Kier alpha value is -2.71. The number of carboxylic acids is 1. The number of nitrogens with one attached hydrogen (secondary N) is 1. The Morgan fingerprint density at radius 1 is 1.00 bits per heavy atom. The molecule has 2 aromatic rings. The number of hydrogen-bond donors (Lipinski definition) is 2. The molecule has 1 amide bonds. The highest BCUT2D eigenvalue weighted by molar-refractivity contribution is 7.15. The molecule has 1 aliphatic carbocycles. The maximum Gasteiger partial charge on any atom is 0.342 e. The average molecular weight is 512 g/mol. The number of fused-ring (bicyclic) bond motifs is 2. The molecule has 3 aliphatic rings. The minimum Gasteiger partial charge on any atom is -0.481 e. The van der Waals surface area contributed by atoms with Gasteiger partial charge in [0.1, 0.15) is 10.6 Å². The van der Waals surface area contributed by atoms with Gasteiger partial charge in [-0.15, -0.1) is 11.3 Å². The molecule has 1 saturated carbocycles. The summed E-state index contributed by atoms with van der Waals surface area (Å²) in [4.78, 5) is 38.3. The van der Waals surface area contributed by atoms with Gasteiger partial charge < -0.3 is 19.9 Å². The molecule has 2 aliphatic heterocycles. The van der Waals surface area contributed by atoms with Crippen molar-refractivity contribution in [2.45, 2.75) is 83.0 Å². The van der Waals surface area contributed by atoms with Gasteiger partial charge >= 0.3 is 11.9 Å². The lowest BCUT2D eigenvalue weighted by atomic mass is 9.78. The summed E-state index contributed by atoms with van der Waals surface area (Å²) >= 11 is 1.25. The maximum atomic E-state index is 13.3. The summed E-state index contributed by atoms with van der Waals surface area (Å²) in [6.45, 7) is 3.57. The first kappa shape index (κ1) is 25.0. The van der Waals surface area contributed by atoms with Crippen molar-refractivity contribution >= 4 is 34.2 Å². The first-order chi connectivity index (χ1) is 17.3. The van der Waals surface area contributed by atoms with E-state index in [1.54, 1.807) is 13.8 Å². The van der Waals surface area contributed by atoms with Crippen LogP contribution in [0, 0.1) is 11.8 Å². The normalized spacial score (nSPS) is 25.8. The molecule has 3 heterocycles. The summed E-state index contributed by atoms with van der Waals surface area (Å²) in [5, 5.41) is 14.8. The zero-order valence-corrected chi connectivity index (χ0v) is 21.5. The smallest absolute Gasteiger partial charge is 0.342 e. The molecule has 4 atom stereocenters. The number of carboxylic acid groups (broad SMARTS) is 1. The number of rotatable bonds is 7. The van der Waals surface area contributed by atoms with E-state index in [1.807, 2.05) is 17.5 Å². The number of aliphatic carboxylic acids is 1. The van der Waals surface area contributed by atoms with Crippen LogP contribution in [0.25, 0.3) is 11.1 Å². The van der Waals surface area contributed by atoms with Crippen molar-refractivity contribution in [3.8, 4) is 11.1 Å². The van der Waals surface area contributed by atoms with Gasteiger partial charge in [0.2, 0.25) is 5.91 Å². The zero-order chi connectivity index (χ0) is 25.4. The van der Waals surface area contributed by atoms with Crippen LogP contribution in [0.3, 0.4) is 0 Å². The summed E-state index contributed by atoms with van der Waals surface area (Å²) in [5.74, 6) is -3.02. The van der Waals surface area contributed by atoms with Crippen LogP contribution in [0.15, 0.2) is 29.6 Å². The largest absolute Gasteiger partial charge is 0.481 e. The van der Waals surface area contributed by atoms with Crippen LogP contribution in [0.5, 0.6) is 0 Å². The molecule has 36 heavy (non-hydrogen) atoms. The van der Waals surface area contributed by atoms with Gasteiger partial charge in [-0.2, -0.15) is 0 Å². The van der Waals surface area contributed by atoms with Gasteiger partial charge in [0, 0.05) is 10.9 Å². The molecule has 1 aromatic heterocycles. The predicted molar refractivity (Wildman–Crippen MR) is 137 cm³/mol. The van der Waals surface area contributed by atoms with Gasteiger partial charge in [-0.05, 0) is 56.6 Å². The quantitative estimate of drug-likeness (QED) is 0.453. The predicted octanol–water partition coefficient (Wildman–Crippen LogP) is 5.84. The van der Waals surface area contributed by atoms with Gasteiger partial charge in [0.15, 0.2) is 0 Å². The van der Waals surface area contributed by atoms with Crippen molar-refractivity contribution in [2.24, 2.45) is 11.8 Å². The molecule has 4 unspecified atom stereocenters. The molecular weight excluding hydrogens is 478 g/mol. The number of esters is 1. The number of ether oxygens (including phenoxy) is 2. The summed E-state index contributed by atoms with van der Waals surface area (Å²) in [6, 6.07) is 8.35. The molecule has 0 radical (unpaired) electrons. The standard InChI is InChI=1S/C28H33NO6S/c1-15(2)34-28(33)22-19(18-10-8-17(9-11-18)16-6-4-3-5-7-16)14-36-26(22)29-25(30)23-20-12-13-21(35-20)24(23)27(31)32/h8-11,14-16,20-21,23-24H,3-7,12-13H2,1-2H3,(H,29,30)(H,31,32). The SMILES string of the molecule is CC(C)OC(=O)c1c(-c2ccc(C3CCCCC3)cc2)csc1NC(=O)C1C2CCC(O2)C1C(=O)O. The molecule has 2 bridgehead atoms. The third-order valence-electron chi connectivity index (χ3n) is 7.73. The molecule has 192 valence electrons. The highest BCUT2D eigenvalue weighted by atomic mass is 32.1. The third kappa shape index (κ3) is 4.81. The first-order valence-corrected chi connectivity index (χ1v) is 13.8. The van der Waals surface area contributed by atoms with E-state index in [4.69, 9.17) is 9.47 Å². The Morgan fingerprint density at radius 2 is 1.67 bits per heavy atom. The molecule has 1 aromatic carbocycles. The number of anilines is 1. The fraction of sp³-hybridized carbons (Fsp3) is 0.536. The minimum absolute atomic E-state index is 0.309. The van der Waals surface area contributed by atoms with Gasteiger partial charge in [-0.1, -0.05) is 43.5 Å². The summed E-state index contributed by atoms with van der Waals surface area (Å²) in [7, 11) is 0. The van der Waals surface area contributed by atoms with E-state index < -0.39 is 41.9 Å². The van der Waals surface area contributed by atoms with E-state index in [0.29, 0.717) is 34.9 Å². The molecule has 2 saturated heterocycles. The third-order valence-corrected chi connectivity index (χ3v) is 8.63. The van der Waals surface area contributed by atoms with Gasteiger partial charge in [-0.3, -0.25) is 9.59 Å². The van der Waals surface area contributed by atoms with Crippen molar-refractivity contribution in [2.75, 3.05) is 5.32 Å². The molecular formula is C28H33NO6S. The monoisotopic (exact) mass is 511 g/mol. The number of benzene rings is 1. The van der Waals surface area contributed by atoms with Crippen LogP contribution in [-0.4, -0.2) is 41.3 Å². The van der Waals surface area contributed by atoms with E-state index in [-0.39, 0.29) is 6.10 Å². The van der Waals surface area contributed by atoms with Crippen LogP contribution in [-0.2, 0) is 19.1 Å². The van der Waals surface area contributed by atoms with Crippen LogP contribution in [0.1, 0.15) is 80.6 Å². The first-order valence-electron chi connectivity index (χ1n) is 13.0. The van der Waals surface area contributed by atoms with Crippen molar-refractivity contribution < 1.29 is 29.0 Å². The average Bonchev–Trinajstić information content (AvgIpc) is 3.59. The van der Waals surface area contributed by atoms with E-state index >= 15 is 0 Å². The highest BCUT2D eigenvalue weighted by Crippen LogP contribution is 2.45. The Bertz CT molecular complexity index is 1130. The van der Waals surface area contributed by atoms with E-state index in [9.17, 15) is 19.5 Å². The Morgan fingerprint density at radius 3 is 2.31 bits per heavy atom. The van der Waals surface area contributed by atoms with Crippen LogP contribution < -0.4 is 5.32 Å². The van der Waals surface area contributed by atoms with E-state index in [2.05, 4.69) is 17.4 Å².